The smallest absolute Gasteiger partial charge is 0.249 e. The molecule has 1 atom stereocenters. The molecule has 5 aliphatic heterocycles. The highest BCUT2D eigenvalue weighted by Crippen LogP contribution is 2.46. The number of benzene rings is 3. The second-order valence-corrected chi connectivity index (χ2v) is 24.9. The quantitative estimate of drug-likeness (QED) is 0.0822. The van der Waals surface area contributed by atoms with Crippen molar-refractivity contribution in [2.45, 2.75) is 83.2 Å². The van der Waals surface area contributed by atoms with Crippen molar-refractivity contribution in [2.24, 2.45) is 5.92 Å². The number of aromatic nitrogens is 3. The zero-order valence-electron chi connectivity index (χ0n) is 42.5. The van der Waals surface area contributed by atoms with Crippen LogP contribution in [0.1, 0.15) is 70.4 Å². The Morgan fingerprint density at radius 1 is 0.849 bits per heavy atom. The van der Waals surface area contributed by atoms with Crippen molar-refractivity contribution in [2.75, 3.05) is 98.1 Å². The number of ether oxygens (including phenoxy) is 1. The molecule has 19 heteroatoms. The van der Waals surface area contributed by atoms with E-state index in [1.165, 1.54) is 5.56 Å². The summed E-state index contributed by atoms with van der Waals surface area (Å²) >= 11 is 3.61. The first kappa shape index (κ1) is 50.4. The van der Waals surface area contributed by atoms with Gasteiger partial charge >= 0.3 is 0 Å². The zero-order valence-corrected chi connectivity index (χ0v) is 45.0. The summed E-state index contributed by atoms with van der Waals surface area (Å²) in [5.41, 5.74) is 6.33. The normalized spacial score (nSPS) is 20.1. The molecule has 4 saturated heterocycles. The van der Waals surface area contributed by atoms with Gasteiger partial charge in [-0.25, -0.2) is 4.98 Å². The third kappa shape index (κ3) is 9.90. The number of aryl methyl sites for hydroxylation is 1. The van der Waals surface area contributed by atoms with Gasteiger partial charge < -0.3 is 34.6 Å². The molecule has 0 bridgehead atoms. The Morgan fingerprint density at radius 3 is 2.27 bits per heavy atom. The van der Waals surface area contributed by atoms with Gasteiger partial charge in [0.05, 0.1) is 40.1 Å². The van der Waals surface area contributed by atoms with Gasteiger partial charge in [0, 0.05) is 111 Å². The molecular formula is C54H65BrN11O6P. The van der Waals surface area contributed by atoms with Gasteiger partial charge in [0.2, 0.25) is 29.6 Å². The number of amides is 4. The summed E-state index contributed by atoms with van der Waals surface area (Å²) in [5.74, 6) is 0.943. The Balaban J connectivity index is 0.723. The lowest BCUT2D eigenvalue weighted by Gasteiger charge is -2.44. The summed E-state index contributed by atoms with van der Waals surface area (Å²) in [5, 5.41) is 10.8. The first-order valence-corrected chi connectivity index (χ1v) is 29.0. The maximum absolute atomic E-state index is 13.9. The highest BCUT2D eigenvalue weighted by atomic mass is 79.9. The minimum Gasteiger partial charge on any atom is -0.494 e. The average molecular weight is 1080 g/mol. The Morgan fingerprint density at radius 2 is 1.58 bits per heavy atom. The number of piperidine rings is 3. The van der Waals surface area contributed by atoms with Crippen LogP contribution in [0.4, 0.5) is 40.2 Å². The van der Waals surface area contributed by atoms with Crippen LogP contribution >= 0.6 is 23.1 Å². The number of rotatable bonds is 12. The number of pyridine rings is 1. The zero-order chi connectivity index (χ0) is 51.3. The number of hydrogen-bond donors (Lipinski definition) is 3. The molecule has 1 unspecified atom stereocenters. The maximum Gasteiger partial charge on any atom is 0.249 e. The van der Waals surface area contributed by atoms with Gasteiger partial charge in [-0.05, 0) is 123 Å². The van der Waals surface area contributed by atoms with E-state index in [2.05, 4.69) is 86.6 Å². The molecule has 0 aliphatic carbocycles. The van der Waals surface area contributed by atoms with E-state index in [0.717, 1.165) is 129 Å². The molecule has 3 aromatic carbocycles. The molecule has 17 nitrogen and oxygen atoms in total. The van der Waals surface area contributed by atoms with Crippen molar-refractivity contribution in [1.29, 1.82) is 0 Å². The number of methoxy groups -OCH3 is 1. The number of carbonyl (C=O) groups is 4. The van der Waals surface area contributed by atoms with Crippen LogP contribution in [0.3, 0.4) is 0 Å². The molecule has 0 spiro atoms. The predicted octanol–water partition coefficient (Wildman–Crippen LogP) is 7.55. The molecule has 384 valence electrons. The van der Waals surface area contributed by atoms with Crippen molar-refractivity contribution >= 4 is 103 Å². The topological polar surface area (TPSA) is 186 Å². The summed E-state index contributed by atoms with van der Waals surface area (Å²) in [6.07, 6.45) is 8.34. The molecular weight excluding hydrogens is 1010 g/mol. The van der Waals surface area contributed by atoms with Gasteiger partial charge in [0.15, 0.2) is 0 Å². The molecule has 3 N–H and O–H groups in total. The number of carbonyl (C=O) groups excluding carboxylic acids is 4. The molecule has 73 heavy (non-hydrogen) atoms. The maximum atomic E-state index is 13.9. The van der Waals surface area contributed by atoms with E-state index in [4.69, 9.17) is 9.72 Å². The van der Waals surface area contributed by atoms with Crippen LogP contribution < -0.4 is 40.7 Å². The third-order valence-corrected chi connectivity index (χ3v) is 17.8. The number of fused-ring (bicyclic) bond motifs is 2. The molecule has 4 amide bonds. The lowest BCUT2D eigenvalue weighted by atomic mass is 9.85. The second kappa shape index (κ2) is 20.3. The predicted molar refractivity (Wildman–Crippen MR) is 291 cm³/mol. The highest BCUT2D eigenvalue weighted by Gasteiger charge is 2.49. The van der Waals surface area contributed by atoms with Gasteiger partial charge in [-0.15, -0.1) is 0 Å². The molecule has 2 aromatic heterocycles. The summed E-state index contributed by atoms with van der Waals surface area (Å²) in [4.78, 5) is 77.4. The second-order valence-electron chi connectivity index (χ2n) is 20.9. The largest absolute Gasteiger partial charge is 0.494 e. The number of nitrogens with zero attached hydrogens (tertiary/aromatic N) is 8. The Bertz CT molecular complexity index is 3030. The number of para-hydroxylation sites is 1. The van der Waals surface area contributed by atoms with Crippen LogP contribution in [0.25, 0.3) is 10.9 Å². The SMILES string of the molecule is CCc1cc(Nc2ncc(Br)c(Nc3cnc4ccccc4c3P(C)(C)=O)n2)c(OC)cc1N1CCC(N2CCN(C(=O)C3CCN(c4ccc5c(c4)C(C)(C)C(=O)N5C4CCC(=O)NC4=O)CC3)CC2)CC1. The van der Waals surface area contributed by atoms with Gasteiger partial charge in [0.1, 0.15) is 24.8 Å². The van der Waals surface area contributed by atoms with Crippen molar-refractivity contribution in [3.8, 4) is 5.75 Å². The molecule has 5 aromatic rings. The van der Waals surface area contributed by atoms with Gasteiger partial charge in [-0.3, -0.25) is 39.3 Å². The number of piperazine rings is 1. The van der Waals surface area contributed by atoms with Gasteiger partial charge in [-0.1, -0.05) is 25.1 Å². The number of halogens is 1. The van der Waals surface area contributed by atoms with Crippen LogP contribution in [0, 0.1) is 5.92 Å². The number of hydrogen-bond acceptors (Lipinski definition) is 14. The lowest BCUT2D eigenvalue weighted by Crippen LogP contribution is -2.55. The van der Waals surface area contributed by atoms with Crippen LogP contribution in [-0.2, 0) is 35.6 Å². The van der Waals surface area contributed by atoms with Crippen molar-refractivity contribution < 1.29 is 28.5 Å². The van der Waals surface area contributed by atoms with Gasteiger partial charge in [-0.2, -0.15) is 4.98 Å². The van der Waals surface area contributed by atoms with Crippen molar-refractivity contribution in [3.05, 3.63) is 82.6 Å². The summed E-state index contributed by atoms with van der Waals surface area (Å²) in [6.45, 7) is 16.0. The fourth-order valence-corrected chi connectivity index (χ4v) is 13.4. The van der Waals surface area contributed by atoms with E-state index in [1.807, 2.05) is 50.2 Å². The highest BCUT2D eigenvalue weighted by molar-refractivity contribution is 9.10. The summed E-state index contributed by atoms with van der Waals surface area (Å²) in [6, 6.07) is 17.8. The molecule has 0 saturated carbocycles. The first-order valence-electron chi connectivity index (χ1n) is 25.6. The lowest BCUT2D eigenvalue weighted by molar-refractivity contribution is -0.138. The minimum absolute atomic E-state index is 0.0174. The fourth-order valence-electron chi connectivity index (χ4n) is 11.6. The molecule has 4 fully saturated rings. The fraction of sp³-hybridized carbons (Fsp3) is 0.463. The van der Waals surface area contributed by atoms with E-state index >= 15 is 0 Å². The summed E-state index contributed by atoms with van der Waals surface area (Å²) < 4.78 is 20.2. The van der Waals surface area contributed by atoms with E-state index in [9.17, 15) is 23.7 Å². The van der Waals surface area contributed by atoms with Crippen molar-refractivity contribution in [3.63, 3.8) is 0 Å². The molecule has 5 aliphatic rings. The standard InChI is InChI=1S/C54H65BrN11O6P/c1-7-33-28-41(59-53-57-31-39(55)49(61-53)58-42-32-56-40-11-9-8-10-37(40)48(42)73(5,6)71)46(72-4)30-45(33)64-22-18-35(19-23-64)63-24-26-65(27-25-63)51(69)34-16-20-62(21-17-34)36-12-13-43-38(29-36)54(2,3)52(70)66(43)44-14-15-47(67)60-50(44)68/h8-13,28-32,34-35,44H,7,14-27H2,1-6H3,(H,60,67,68)(H2,57,58,59,61). The Kier molecular flexibility index (Phi) is 14.0. The van der Waals surface area contributed by atoms with Gasteiger partial charge in [0.25, 0.3) is 0 Å². The molecule has 0 radical (unpaired) electrons. The van der Waals surface area contributed by atoms with Crippen LogP contribution in [-0.4, -0.2) is 133 Å². The average Bonchev–Trinajstić information content (AvgIpc) is 3.59. The molecule has 7 heterocycles. The van der Waals surface area contributed by atoms with E-state index in [-0.39, 0.29) is 30.1 Å². The Labute approximate surface area is 435 Å². The van der Waals surface area contributed by atoms with E-state index < -0.39 is 24.5 Å². The molecule has 10 rings (SSSR count). The van der Waals surface area contributed by atoms with E-state index in [0.29, 0.717) is 40.1 Å². The number of nitrogens with one attached hydrogen (secondary N) is 3. The Hall–Kier alpha value is -6.10. The monoisotopic (exact) mass is 1070 g/mol. The minimum atomic E-state index is -2.73. The van der Waals surface area contributed by atoms with Crippen LogP contribution in [0.15, 0.2) is 71.5 Å². The third-order valence-electron chi connectivity index (χ3n) is 15.7. The van der Waals surface area contributed by atoms with Crippen molar-refractivity contribution in [1.82, 2.24) is 30.1 Å². The van der Waals surface area contributed by atoms with E-state index in [1.54, 1.807) is 37.7 Å². The summed E-state index contributed by atoms with van der Waals surface area (Å²) in [7, 11) is -1.05. The van der Waals surface area contributed by atoms with Crippen LogP contribution in [0.5, 0.6) is 5.75 Å². The first-order chi connectivity index (χ1) is 35.0. The van der Waals surface area contributed by atoms with Crippen LogP contribution in [0.2, 0.25) is 0 Å². The number of imide groups is 1. The number of anilines is 7.